The first-order valence-corrected chi connectivity index (χ1v) is 6.80. The zero-order chi connectivity index (χ0) is 13.5. The fraction of sp³-hybridized carbons (Fsp3) is 0.143. The molecule has 0 unspecified atom stereocenters. The first-order valence-electron chi connectivity index (χ1n) is 5.92. The van der Waals surface area contributed by atoms with Crippen molar-refractivity contribution in [3.05, 3.63) is 53.4 Å². The molecule has 0 atom stereocenters. The molecule has 0 saturated carbocycles. The van der Waals surface area contributed by atoms with Crippen molar-refractivity contribution in [2.75, 3.05) is 6.54 Å². The molecule has 2 N–H and O–H groups in total. The van der Waals surface area contributed by atoms with Gasteiger partial charge in [0.05, 0.1) is 12.2 Å². The summed E-state index contributed by atoms with van der Waals surface area (Å²) in [5.41, 5.74) is 2.02. The van der Waals surface area contributed by atoms with Crippen LogP contribution in [0, 0.1) is 0 Å². The van der Waals surface area contributed by atoms with Crippen LogP contribution >= 0.6 is 11.3 Å². The van der Waals surface area contributed by atoms with Gasteiger partial charge >= 0.3 is 6.03 Å². The summed E-state index contributed by atoms with van der Waals surface area (Å²) in [5.74, 6) is 0. The Morgan fingerprint density at radius 2 is 2.11 bits per heavy atom. The maximum absolute atomic E-state index is 11.4. The van der Waals surface area contributed by atoms with E-state index in [1.807, 2.05) is 35.7 Å². The second kappa shape index (κ2) is 6.70. The van der Waals surface area contributed by atoms with Gasteiger partial charge in [-0.3, -0.25) is 0 Å². The van der Waals surface area contributed by atoms with Crippen LogP contribution in [0.1, 0.15) is 5.01 Å². The Balaban J connectivity index is 1.91. The van der Waals surface area contributed by atoms with Gasteiger partial charge in [-0.1, -0.05) is 36.4 Å². The van der Waals surface area contributed by atoms with Crippen LogP contribution in [0.2, 0.25) is 0 Å². The number of rotatable bonds is 5. The third-order valence-corrected chi connectivity index (χ3v) is 3.28. The molecule has 2 rings (SSSR count). The summed E-state index contributed by atoms with van der Waals surface area (Å²) in [6.45, 7) is 4.42. The molecule has 1 heterocycles. The maximum atomic E-state index is 11.4. The van der Waals surface area contributed by atoms with Crippen LogP contribution < -0.4 is 10.6 Å². The van der Waals surface area contributed by atoms with Crippen molar-refractivity contribution in [3.63, 3.8) is 0 Å². The lowest BCUT2D eigenvalue weighted by Crippen LogP contribution is -2.34. The van der Waals surface area contributed by atoms with Gasteiger partial charge in [0, 0.05) is 17.5 Å². The molecule has 0 fully saturated rings. The van der Waals surface area contributed by atoms with E-state index < -0.39 is 0 Å². The highest BCUT2D eigenvalue weighted by molar-refractivity contribution is 7.09. The van der Waals surface area contributed by atoms with Crippen LogP contribution in [0.15, 0.2) is 48.4 Å². The van der Waals surface area contributed by atoms with Gasteiger partial charge < -0.3 is 10.6 Å². The Labute approximate surface area is 116 Å². The van der Waals surface area contributed by atoms with Crippen molar-refractivity contribution < 1.29 is 4.79 Å². The summed E-state index contributed by atoms with van der Waals surface area (Å²) in [6.07, 6.45) is 1.64. The minimum absolute atomic E-state index is 0.212. The van der Waals surface area contributed by atoms with Crippen molar-refractivity contribution in [3.8, 4) is 11.3 Å². The summed E-state index contributed by atoms with van der Waals surface area (Å²) in [4.78, 5) is 15.8. The molecular formula is C14H15N3OS. The zero-order valence-electron chi connectivity index (χ0n) is 10.4. The van der Waals surface area contributed by atoms with Crippen molar-refractivity contribution in [2.24, 2.45) is 0 Å². The molecular weight excluding hydrogens is 258 g/mol. The molecule has 98 valence electrons. The van der Waals surface area contributed by atoms with E-state index in [4.69, 9.17) is 0 Å². The highest BCUT2D eigenvalue weighted by Gasteiger charge is 2.05. The number of hydrogen-bond donors (Lipinski definition) is 2. The molecule has 2 aromatic rings. The van der Waals surface area contributed by atoms with E-state index in [0.29, 0.717) is 13.1 Å². The molecule has 4 nitrogen and oxygen atoms in total. The molecule has 19 heavy (non-hydrogen) atoms. The molecule has 2 amide bonds. The Hall–Kier alpha value is -2.14. The lowest BCUT2D eigenvalue weighted by Gasteiger charge is -2.03. The standard InChI is InChI=1S/C14H15N3OS/c1-2-8-15-14(18)16-9-13-17-12(10-19-13)11-6-4-3-5-7-11/h2-7,10H,1,8-9H2,(H2,15,16,18). The molecule has 1 aromatic carbocycles. The van der Waals surface area contributed by atoms with Crippen molar-refractivity contribution in [2.45, 2.75) is 6.54 Å². The number of nitrogens with one attached hydrogen (secondary N) is 2. The van der Waals surface area contributed by atoms with Crippen molar-refractivity contribution in [1.29, 1.82) is 0 Å². The summed E-state index contributed by atoms with van der Waals surface area (Å²) in [6, 6.07) is 9.76. The van der Waals surface area contributed by atoms with Gasteiger partial charge in [0.1, 0.15) is 5.01 Å². The molecule has 0 aliphatic carbocycles. The highest BCUT2D eigenvalue weighted by Crippen LogP contribution is 2.21. The van der Waals surface area contributed by atoms with Crippen LogP contribution in [0.3, 0.4) is 0 Å². The predicted molar refractivity (Wildman–Crippen MR) is 78.0 cm³/mol. The minimum atomic E-state index is -0.212. The molecule has 0 aliphatic rings. The number of aromatic nitrogens is 1. The van der Waals surface area contributed by atoms with Crippen molar-refractivity contribution >= 4 is 17.4 Å². The number of carbonyl (C=O) groups excluding carboxylic acids is 1. The number of hydrogen-bond acceptors (Lipinski definition) is 3. The molecule has 0 aliphatic heterocycles. The average molecular weight is 273 g/mol. The first kappa shape index (κ1) is 13.3. The van der Waals surface area contributed by atoms with Gasteiger partial charge in [0.25, 0.3) is 0 Å². The molecule has 5 heteroatoms. The maximum Gasteiger partial charge on any atom is 0.315 e. The smallest absolute Gasteiger partial charge is 0.315 e. The van der Waals surface area contributed by atoms with Crippen LogP contribution in [0.4, 0.5) is 4.79 Å². The quantitative estimate of drug-likeness (QED) is 0.823. The third-order valence-electron chi connectivity index (χ3n) is 2.43. The summed E-state index contributed by atoms with van der Waals surface area (Å²) < 4.78 is 0. The monoisotopic (exact) mass is 273 g/mol. The minimum Gasteiger partial charge on any atom is -0.335 e. The van der Waals surface area contributed by atoms with Gasteiger partial charge in [-0.05, 0) is 0 Å². The third kappa shape index (κ3) is 3.93. The Kier molecular flexibility index (Phi) is 4.69. The fourth-order valence-corrected chi connectivity index (χ4v) is 2.26. The second-order valence-corrected chi connectivity index (χ2v) is 4.79. The van der Waals surface area contributed by atoms with E-state index in [-0.39, 0.29) is 6.03 Å². The highest BCUT2D eigenvalue weighted by atomic mass is 32.1. The molecule has 0 bridgehead atoms. The number of urea groups is 1. The molecule has 1 aromatic heterocycles. The van der Waals surface area contributed by atoms with Crippen LogP contribution in [-0.4, -0.2) is 17.6 Å². The van der Waals surface area contributed by atoms with Crippen LogP contribution in [0.25, 0.3) is 11.3 Å². The Bertz CT molecular complexity index is 551. The van der Waals surface area contributed by atoms with E-state index >= 15 is 0 Å². The summed E-state index contributed by atoms with van der Waals surface area (Å²) in [5, 5.41) is 8.27. The molecule has 0 radical (unpaired) electrons. The van der Waals surface area contributed by atoms with Gasteiger partial charge in [-0.25, -0.2) is 9.78 Å². The number of nitrogens with zero attached hydrogens (tertiary/aromatic N) is 1. The largest absolute Gasteiger partial charge is 0.335 e. The van der Waals surface area contributed by atoms with Crippen molar-refractivity contribution in [1.82, 2.24) is 15.6 Å². The van der Waals surface area contributed by atoms with Gasteiger partial charge in [-0.15, -0.1) is 17.9 Å². The fourth-order valence-electron chi connectivity index (χ4n) is 1.52. The number of benzene rings is 1. The van der Waals surface area contributed by atoms with Gasteiger partial charge in [-0.2, -0.15) is 0 Å². The Morgan fingerprint density at radius 3 is 2.84 bits per heavy atom. The lowest BCUT2D eigenvalue weighted by atomic mass is 10.2. The van der Waals surface area contributed by atoms with E-state index in [9.17, 15) is 4.79 Å². The number of amides is 2. The number of carbonyl (C=O) groups is 1. The second-order valence-electron chi connectivity index (χ2n) is 3.84. The summed E-state index contributed by atoms with van der Waals surface area (Å²) >= 11 is 1.54. The normalized spacial score (nSPS) is 9.89. The van der Waals surface area contributed by atoms with E-state index in [1.54, 1.807) is 6.08 Å². The van der Waals surface area contributed by atoms with Gasteiger partial charge in [0.15, 0.2) is 0 Å². The average Bonchev–Trinajstić information content (AvgIpc) is 2.93. The Morgan fingerprint density at radius 1 is 1.32 bits per heavy atom. The van der Waals surface area contributed by atoms with E-state index in [1.165, 1.54) is 11.3 Å². The van der Waals surface area contributed by atoms with Crippen LogP contribution in [-0.2, 0) is 6.54 Å². The topological polar surface area (TPSA) is 54.0 Å². The van der Waals surface area contributed by atoms with Gasteiger partial charge in [0.2, 0.25) is 0 Å². The number of thiazole rings is 1. The lowest BCUT2D eigenvalue weighted by molar-refractivity contribution is 0.241. The zero-order valence-corrected chi connectivity index (χ0v) is 11.2. The first-order chi connectivity index (χ1) is 9.29. The van der Waals surface area contributed by atoms with Crippen LogP contribution in [0.5, 0.6) is 0 Å². The summed E-state index contributed by atoms with van der Waals surface area (Å²) in [7, 11) is 0. The van der Waals surface area contributed by atoms with E-state index in [2.05, 4.69) is 22.2 Å². The molecule has 0 spiro atoms. The SMILES string of the molecule is C=CCNC(=O)NCc1nc(-c2ccccc2)cs1. The predicted octanol–water partition coefficient (Wildman–Crippen LogP) is 2.80. The molecule has 0 saturated heterocycles. The van der Waals surface area contributed by atoms with E-state index in [0.717, 1.165) is 16.3 Å².